The van der Waals surface area contributed by atoms with E-state index in [9.17, 15) is 4.79 Å². The van der Waals surface area contributed by atoms with Crippen molar-refractivity contribution in [2.75, 3.05) is 40.9 Å². The normalized spacial score (nSPS) is 10.5. The standard InChI is InChI=1S/C20H22N2O6/c1-24-14-7-6-11(8-15(14)25-2)22-20(23)12-10-21-13-9-16(26-3)18(27-4)19(28-5)17(12)13/h6-10,21H,1-5H3,(H,22,23). The zero-order valence-corrected chi connectivity index (χ0v) is 16.3. The Labute approximate surface area is 162 Å². The molecule has 0 aliphatic heterocycles. The van der Waals surface area contributed by atoms with Crippen LogP contribution in [0.3, 0.4) is 0 Å². The SMILES string of the molecule is COc1ccc(NC(=O)c2c[nH]c3cc(OC)c(OC)c(OC)c23)cc1OC. The number of rotatable bonds is 7. The van der Waals surface area contributed by atoms with E-state index in [1.165, 1.54) is 28.4 Å². The second-order valence-corrected chi connectivity index (χ2v) is 5.79. The molecule has 0 atom stereocenters. The number of hydrogen-bond donors (Lipinski definition) is 2. The molecule has 1 heterocycles. The maximum absolute atomic E-state index is 12.9. The average molecular weight is 386 g/mol. The van der Waals surface area contributed by atoms with E-state index in [1.54, 1.807) is 37.6 Å². The molecule has 3 aromatic rings. The number of hydrogen-bond acceptors (Lipinski definition) is 6. The molecule has 0 bridgehead atoms. The number of H-pyrrole nitrogens is 1. The van der Waals surface area contributed by atoms with Crippen molar-refractivity contribution in [2.24, 2.45) is 0 Å². The molecule has 3 rings (SSSR count). The fraction of sp³-hybridized carbons (Fsp3) is 0.250. The van der Waals surface area contributed by atoms with Gasteiger partial charge in [0.05, 0.1) is 52.0 Å². The molecule has 0 saturated heterocycles. The van der Waals surface area contributed by atoms with Gasteiger partial charge in [-0.25, -0.2) is 0 Å². The Morgan fingerprint density at radius 1 is 0.821 bits per heavy atom. The summed E-state index contributed by atoms with van der Waals surface area (Å²) < 4.78 is 26.8. The van der Waals surface area contributed by atoms with Gasteiger partial charge < -0.3 is 34.0 Å². The lowest BCUT2D eigenvalue weighted by atomic mass is 10.1. The number of ether oxygens (including phenoxy) is 5. The van der Waals surface area contributed by atoms with Crippen LogP contribution in [0.4, 0.5) is 5.69 Å². The molecule has 2 aromatic carbocycles. The summed E-state index contributed by atoms with van der Waals surface area (Å²) in [4.78, 5) is 16.0. The second kappa shape index (κ2) is 7.99. The van der Waals surface area contributed by atoms with Crippen LogP contribution in [0.25, 0.3) is 10.9 Å². The number of fused-ring (bicyclic) bond motifs is 1. The quantitative estimate of drug-likeness (QED) is 0.646. The monoisotopic (exact) mass is 386 g/mol. The Morgan fingerprint density at radius 3 is 2.11 bits per heavy atom. The molecule has 8 nitrogen and oxygen atoms in total. The summed E-state index contributed by atoms with van der Waals surface area (Å²) in [5, 5.41) is 3.45. The number of aromatic amines is 1. The number of amides is 1. The Morgan fingerprint density at radius 2 is 1.50 bits per heavy atom. The van der Waals surface area contributed by atoms with Crippen LogP contribution in [0.15, 0.2) is 30.5 Å². The van der Waals surface area contributed by atoms with Crippen molar-refractivity contribution in [1.82, 2.24) is 4.98 Å². The van der Waals surface area contributed by atoms with Crippen LogP contribution in [-0.4, -0.2) is 46.4 Å². The topological polar surface area (TPSA) is 91.0 Å². The van der Waals surface area contributed by atoms with E-state index in [4.69, 9.17) is 23.7 Å². The first-order valence-electron chi connectivity index (χ1n) is 8.41. The summed E-state index contributed by atoms with van der Waals surface area (Å²) in [6.45, 7) is 0. The van der Waals surface area contributed by atoms with Gasteiger partial charge >= 0.3 is 0 Å². The van der Waals surface area contributed by atoms with Gasteiger partial charge in [-0.05, 0) is 12.1 Å². The largest absolute Gasteiger partial charge is 0.493 e. The average Bonchev–Trinajstić information content (AvgIpc) is 3.15. The third kappa shape index (κ3) is 3.24. The predicted molar refractivity (Wildman–Crippen MR) is 105 cm³/mol. The first-order valence-corrected chi connectivity index (χ1v) is 8.41. The van der Waals surface area contributed by atoms with Gasteiger partial charge in [-0.2, -0.15) is 0 Å². The van der Waals surface area contributed by atoms with Crippen LogP contribution in [-0.2, 0) is 0 Å². The van der Waals surface area contributed by atoms with Crippen LogP contribution >= 0.6 is 0 Å². The number of aromatic nitrogens is 1. The summed E-state index contributed by atoms with van der Waals surface area (Å²) in [5.74, 6) is 2.10. The van der Waals surface area contributed by atoms with Gasteiger partial charge in [-0.3, -0.25) is 4.79 Å². The molecular formula is C20H22N2O6. The second-order valence-electron chi connectivity index (χ2n) is 5.79. The van der Waals surface area contributed by atoms with Crippen molar-refractivity contribution in [2.45, 2.75) is 0 Å². The van der Waals surface area contributed by atoms with Crippen molar-refractivity contribution < 1.29 is 28.5 Å². The van der Waals surface area contributed by atoms with E-state index in [0.29, 0.717) is 50.9 Å². The van der Waals surface area contributed by atoms with Gasteiger partial charge in [0.25, 0.3) is 5.91 Å². The molecule has 1 amide bonds. The summed E-state index contributed by atoms with van der Waals surface area (Å²) in [6, 6.07) is 6.89. The molecule has 0 aliphatic carbocycles. The van der Waals surface area contributed by atoms with Gasteiger partial charge in [0.15, 0.2) is 23.0 Å². The Bertz CT molecular complexity index is 1010. The van der Waals surface area contributed by atoms with Crippen molar-refractivity contribution >= 4 is 22.5 Å². The Hall–Kier alpha value is -3.55. The molecule has 148 valence electrons. The lowest BCUT2D eigenvalue weighted by molar-refractivity contribution is 0.102. The molecule has 0 radical (unpaired) electrons. The van der Waals surface area contributed by atoms with Crippen LogP contribution in [0.1, 0.15) is 10.4 Å². The van der Waals surface area contributed by atoms with Crippen LogP contribution in [0, 0.1) is 0 Å². The Kier molecular flexibility index (Phi) is 5.49. The van der Waals surface area contributed by atoms with Gasteiger partial charge in [-0.15, -0.1) is 0 Å². The van der Waals surface area contributed by atoms with Crippen LogP contribution in [0.2, 0.25) is 0 Å². The first kappa shape index (κ1) is 19.2. The molecular weight excluding hydrogens is 364 g/mol. The zero-order chi connectivity index (χ0) is 20.3. The highest BCUT2D eigenvalue weighted by molar-refractivity contribution is 6.15. The highest BCUT2D eigenvalue weighted by atomic mass is 16.5. The van der Waals surface area contributed by atoms with Crippen molar-refractivity contribution in [3.8, 4) is 28.7 Å². The third-order valence-electron chi connectivity index (χ3n) is 4.36. The van der Waals surface area contributed by atoms with Gasteiger partial charge in [0.2, 0.25) is 5.75 Å². The van der Waals surface area contributed by atoms with E-state index in [0.717, 1.165) is 0 Å². The fourth-order valence-corrected chi connectivity index (χ4v) is 3.05. The molecule has 2 N–H and O–H groups in total. The van der Waals surface area contributed by atoms with E-state index in [-0.39, 0.29) is 5.91 Å². The van der Waals surface area contributed by atoms with E-state index >= 15 is 0 Å². The zero-order valence-electron chi connectivity index (χ0n) is 16.3. The fourth-order valence-electron chi connectivity index (χ4n) is 3.05. The van der Waals surface area contributed by atoms with Gasteiger partial charge in [-0.1, -0.05) is 0 Å². The number of carbonyl (C=O) groups is 1. The number of anilines is 1. The smallest absolute Gasteiger partial charge is 0.257 e. The summed E-state index contributed by atoms with van der Waals surface area (Å²) in [6.07, 6.45) is 1.61. The minimum absolute atomic E-state index is 0.316. The summed E-state index contributed by atoms with van der Waals surface area (Å²) in [7, 11) is 7.66. The molecule has 8 heteroatoms. The Balaban J connectivity index is 2.03. The number of carbonyl (C=O) groups excluding carboxylic acids is 1. The minimum atomic E-state index is -0.316. The van der Waals surface area contributed by atoms with E-state index in [1.807, 2.05) is 0 Å². The third-order valence-corrected chi connectivity index (χ3v) is 4.36. The van der Waals surface area contributed by atoms with Crippen LogP contribution < -0.4 is 29.0 Å². The van der Waals surface area contributed by atoms with Crippen molar-refractivity contribution in [1.29, 1.82) is 0 Å². The molecule has 28 heavy (non-hydrogen) atoms. The summed E-state index contributed by atoms with van der Waals surface area (Å²) in [5.41, 5.74) is 1.66. The van der Waals surface area contributed by atoms with Gasteiger partial charge in [0, 0.05) is 24.0 Å². The van der Waals surface area contributed by atoms with Gasteiger partial charge in [0.1, 0.15) is 0 Å². The molecule has 0 fully saturated rings. The molecule has 1 aromatic heterocycles. The molecule has 0 aliphatic rings. The van der Waals surface area contributed by atoms with E-state index < -0.39 is 0 Å². The molecule has 0 saturated carbocycles. The molecule has 0 spiro atoms. The first-order chi connectivity index (χ1) is 13.6. The van der Waals surface area contributed by atoms with E-state index in [2.05, 4.69) is 10.3 Å². The molecule has 0 unspecified atom stereocenters. The lowest BCUT2D eigenvalue weighted by Crippen LogP contribution is -2.12. The summed E-state index contributed by atoms with van der Waals surface area (Å²) >= 11 is 0. The number of benzene rings is 2. The van der Waals surface area contributed by atoms with Crippen molar-refractivity contribution in [3.63, 3.8) is 0 Å². The number of nitrogens with one attached hydrogen (secondary N) is 2. The maximum atomic E-state index is 12.9. The van der Waals surface area contributed by atoms with Crippen molar-refractivity contribution in [3.05, 3.63) is 36.0 Å². The highest BCUT2D eigenvalue weighted by Gasteiger charge is 2.23. The lowest BCUT2D eigenvalue weighted by Gasteiger charge is -2.14. The number of methoxy groups -OCH3 is 5. The predicted octanol–water partition coefficient (Wildman–Crippen LogP) is 3.46. The maximum Gasteiger partial charge on any atom is 0.257 e. The van der Waals surface area contributed by atoms with Crippen LogP contribution in [0.5, 0.6) is 28.7 Å². The minimum Gasteiger partial charge on any atom is -0.493 e. The highest BCUT2D eigenvalue weighted by Crippen LogP contribution is 2.44.